The second kappa shape index (κ2) is 8.05. The van der Waals surface area contributed by atoms with Gasteiger partial charge in [-0.3, -0.25) is 0 Å². The maximum absolute atomic E-state index is 5.77. The maximum Gasteiger partial charge on any atom is 0.0782 e. The summed E-state index contributed by atoms with van der Waals surface area (Å²) in [6, 6.07) is 0. The molecule has 0 N–H and O–H groups in total. The van der Waals surface area contributed by atoms with Crippen molar-refractivity contribution in [1.29, 1.82) is 0 Å². The summed E-state index contributed by atoms with van der Waals surface area (Å²) < 4.78 is 5.77. The van der Waals surface area contributed by atoms with Crippen LogP contribution in [0, 0.1) is 11.8 Å². The predicted molar refractivity (Wildman–Crippen MR) is 65.6 cm³/mol. The minimum Gasteiger partial charge on any atom is -0.370 e. The van der Waals surface area contributed by atoms with Crippen molar-refractivity contribution < 1.29 is 4.74 Å². The summed E-state index contributed by atoms with van der Waals surface area (Å²) >= 11 is 0. The van der Waals surface area contributed by atoms with Gasteiger partial charge in [0, 0.05) is 5.92 Å². The highest BCUT2D eigenvalue weighted by Gasteiger charge is 2.21. The highest BCUT2D eigenvalue weighted by atomic mass is 16.5. The van der Waals surface area contributed by atoms with E-state index in [0.717, 1.165) is 0 Å². The van der Waals surface area contributed by atoms with E-state index in [4.69, 9.17) is 4.74 Å². The molecule has 0 aromatic heterocycles. The summed E-state index contributed by atoms with van der Waals surface area (Å²) in [4.78, 5) is 0. The summed E-state index contributed by atoms with van der Waals surface area (Å²) in [7, 11) is 0. The first kappa shape index (κ1) is 16.1. The highest BCUT2D eigenvalue weighted by molar-refractivity contribution is 5.00. The van der Waals surface area contributed by atoms with Crippen LogP contribution in [-0.4, -0.2) is 12.2 Å². The predicted octanol–water partition coefficient (Wildman–Crippen LogP) is 4.28. The lowest BCUT2D eigenvalue weighted by Gasteiger charge is -2.30. The van der Waals surface area contributed by atoms with Gasteiger partial charge in [0.1, 0.15) is 0 Å². The minimum atomic E-state index is 0. The molecule has 0 bridgehead atoms. The Kier molecular flexibility index (Phi) is 9.28. The third-order valence-electron chi connectivity index (χ3n) is 2.37. The summed E-state index contributed by atoms with van der Waals surface area (Å²) in [6.07, 6.45) is 5.17. The van der Waals surface area contributed by atoms with E-state index in [0.29, 0.717) is 24.0 Å². The first-order valence-corrected chi connectivity index (χ1v) is 5.45. The van der Waals surface area contributed by atoms with Gasteiger partial charge in [0.15, 0.2) is 0 Å². The van der Waals surface area contributed by atoms with E-state index in [1.165, 1.54) is 0 Å². The van der Waals surface area contributed by atoms with Crippen LogP contribution in [0.5, 0.6) is 0 Å². The van der Waals surface area contributed by atoms with Gasteiger partial charge in [0.25, 0.3) is 0 Å². The van der Waals surface area contributed by atoms with Gasteiger partial charge in [-0.25, -0.2) is 0 Å². The standard InChI is InChI=1S/C10H18O.C2H6.CH4/c1-7(2)10-6-5-8(3)9(4)11-10;1-2;/h5-10H,1-4H3;1-2H3;1H4/t8?,9-,10+;;/m1../s1. The topological polar surface area (TPSA) is 9.23 Å². The molecule has 1 nitrogen and oxygen atoms in total. The van der Waals surface area contributed by atoms with Crippen molar-refractivity contribution in [2.24, 2.45) is 11.8 Å². The third kappa shape index (κ3) is 4.80. The second-order valence-electron chi connectivity index (χ2n) is 3.79. The highest BCUT2D eigenvalue weighted by Crippen LogP contribution is 2.21. The Morgan fingerprint density at radius 2 is 1.57 bits per heavy atom. The Bertz CT molecular complexity index is 149. The number of hydrogen-bond acceptors (Lipinski definition) is 1. The molecule has 0 aromatic carbocycles. The molecule has 14 heavy (non-hydrogen) atoms. The van der Waals surface area contributed by atoms with Gasteiger partial charge in [-0.2, -0.15) is 0 Å². The van der Waals surface area contributed by atoms with Gasteiger partial charge >= 0.3 is 0 Å². The monoisotopic (exact) mass is 200 g/mol. The lowest BCUT2D eigenvalue weighted by atomic mass is 9.97. The Morgan fingerprint density at radius 1 is 1.07 bits per heavy atom. The fourth-order valence-electron chi connectivity index (χ4n) is 1.24. The van der Waals surface area contributed by atoms with E-state index in [9.17, 15) is 0 Å². The normalized spacial score (nSPS) is 30.4. The molecule has 0 saturated carbocycles. The molecule has 1 heterocycles. The lowest BCUT2D eigenvalue weighted by molar-refractivity contribution is -0.0266. The zero-order valence-corrected chi connectivity index (χ0v) is 9.87. The molecule has 1 unspecified atom stereocenters. The van der Waals surface area contributed by atoms with Crippen molar-refractivity contribution in [2.45, 2.75) is 61.2 Å². The fourth-order valence-corrected chi connectivity index (χ4v) is 1.24. The zero-order valence-electron chi connectivity index (χ0n) is 9.87. The fraction of sp³-hybridized carbons (Fsp3) is 0.846. The van der Waals surface area contributed by atoms with Crippen LogP contribution in [0.25, 0.3) is 0 Å². The number of ether oxygens (including phenoxy) is 1. The van der Waals surface area contributed by atoms with Gasteiger partial charge in [-0.1, -0.05) is 54.2 Å². The number of rotatable bonds is 1. The van der Waals surface area contributed by atoms with Crippen molar-refractivity contribution in [2.75, 3.05) is 0 Å². The Morgan fingerprint density at radius 3 is 1.93 bits per heavy atom. The van der Waals surface area contributed by atoms with Crippen LogP contribution in [0.2, 0.25) is 0 Å². The quantitative estimate of drug-likeness (QED) is 0.574. The lowest BCUT2D eigenvalue weighted by Crippen LogP contribution is -2.30. The molecule has 0 radical (unpaired) electrons. The van der Waals surface area contributed by atoms with Crippen molar-refractivity contribution in [3.05, 3.63) is 12.2 Å². The minimum absolute atomic E-state index is 0. The molecule has 1 rings (SSSR count). The van der Waals surface area contributed by atoms with Gasteiger partial charge in [0.2, 0.25) is 0 Å². The summed E-state index contributed by atoms with van der Waals surface area (Å²) in [6.45, 7) is 12.7. The Balaban J connectivity index is 0. The molecule has 1 heteroatoms. The molecular formula is C13H28O. The van der Waals surface area contributed by atoms with Gasteiger partial charge in [-0.15, -0.1) is 0 Å². The van der Waals surface area contributed by atoms with E-state index in [1.54, 1.807) is 0 Å². The van der Waals surface area contributed by atoms with Crippen molar-refractivity contribution in [1.82, 2.24) is 0 Å². The van der Waals surface area contributed by atoms with Gasteiger partial charge in [-0.05, 0) is 12.8 Å². The smallest absolute Gasteiger partial charge is 0.0782 e. The Labute approximate surface area is 90.5 Å². The molecule has 86 valence electrons. The van der Waals surface area contributed by atoms with Crippen LogP contribution in [0.4, 0.5) is 0 Å². The van der Waals surface area contributed by atoms with E-state index in [2.05, 4.69) is 39.8 Å². The van der Waals surface area contributed by atoms with Gasteiger partial charge in [0.05, 0.1) is 12.2 Å². The van der Waals surface area contributed by atoms with Crippen LogP contribution in [0.3, 0.4) is 0 Å². The van der Waals surface area contributed by atoms with Crippen LogP contribution >= 0.6 is 0 Å². The average Bonchev–Trinajstić information content (AvgIpc) is 2.13. The zero-order chi connectivity index (χ0) is 10.4. The first-order valence-electron chi connectivity index (χ1n) is 5.45. The van der Waals surface area contributed by atoms with Gasteiger partial charge < -0.3 is 4.74 Å². The van der Waals surface area contributed by atoms with Crippen LogP contribution in [0.1, 0.15) is 49.0 Å². The summed E-state index contributed by atoms with van der Waals surface area (Å²) in [5, 5.41) is 0. The van der Waals surface area contributed by atoms with Crippen molar-refractivity contribution in [3.63, 3.8) is 0 Å². The molecule has 0 spiro atoms. The molecule has 0 amide bonds. The molecule has 0 aromatic rings. The largest absolute Gasteiger partial charge is 0.370 e. The van der Waals surface area contributed by atoms with E-state index in [-0.39, 0.29) is 7.43 Å². The maximum atomic E-state index is 5.77. The SMILES string of the molecule is C.CC.CC(C)[C@@H]1C=CC(C)[C@@H](C)O1. The average molecular weight is 200 g/mol. The molecule has 0 aliphatic carbocycles. The van der Waals surface area contributed by atoms with Crippen LogP contribution in [0.15, 0.2) is 12.2 Å². The molecule has 3 atom stereocenters. The Hall–Kier alpha value is -0.300. The van der Waals surface area contributed by atoms with E-state index in [1.807, 2.05) is 13.8 Å². The molecule has 1 aliphatic heterocycles. The van der Waals surface area contributed by atoms with E-state index >= 15 is 0 Å². The number of hydrogen-bond donors (Lipinski definition) is 0. The summed E-state index contributed by atoms with van der Waals surface area (Å²) in [5.74, 6) is 1.17. The molecule has 0 fully saturated rings. The van der Waals surface area contributed by atoms with Crippen LogP contribution in [-0.2, 0) is 4.74 Å². The second-order valence-corrected chi connectivity index (χ2v) is 3.79. The van der Waals surface area contributed by atoms with Crippen molar-refractivity contribution >= 4 is 0 Å². The van der Waals surface area contributed by atoms with Crippen LogP contribution < -0.4 is 0 Å². The first-order chi connectivity index (χ1) is 6.11. The van der Waals surface area contributed by atoms with Crippen molar-refractivity contribution in [3.8, 4) is 0 Å². The molecule has 1 aliphatic rings. The third-order valence-corrected chi connectivity index (χ3v) is 2.37. The molecule has 0 saturated heterocycles. The van der Waals surface area contributed by atoms with E-state index < -0.39 is 0 Å². The molecular weight excluding hydrogens is 172 g/mol. The summed E-state index contributed by atoms with van der Waals surface area (Å²) in [5.41, 5.74) is 0.